The molecule has 1 heterocycles. The van der Waals surface area contributed by atoms with Crippen LogP contribution in [0.2, 0.25) is 0 Å². The van der Waals surface area contributed by atoms with Crippen molar-refractivity contribution in [3.63, 3.8) is 0 Å². The number of likely N-dealkylation sites (N-methyl/N-ethyl adjacent to an activating group) is 1. The van der Waals surface area contributed by atoms with Crippen LogP contribution in [0.5, 0.6) is 0 Å². The summed E-state index contributed by atoms with van der Waals surface area (Å²) in [6.07, 6.45) is 4.28. The summed E-state index contributed by atoms with van der Waals surface area (Å²) in [5.74, 6) is 1.99. The van der Waals surface area contributed by atoms with Gasteiger partial charge in [-0.25, -0.2) is 9.98 Å². The number of hydrogen-bond donors (Lipinski definition) is 3. The summed E-state index contributed by atoms with van der Waals surface area (Å²) in [5.41, 5.74) is 8.22. The van der Waals surface area contributed by atoms with Crippen molar-refractivity contribution in [2.45, 2.75) is 33.1 Å². The molecule has 0 amide bonds. The van der Waals surface area contributed by atoms with Crippen LogP contribution in [0, 0.1) is 0 Å². The average molecular weight is 371 g/mol. The average Bonchev–Trinajstić information content (AvgIpc) is 2.65. The smallest absolute Gasteiger partial charge is 0.219 e. The molecule has 7 heteroatoms. The number of amidine groups is 1. The first-order valence-electron chi connectivity index (χ1n) is 9.07. The van der Waals surface area contributed by atoms with Gasteiger partial charge in [0, 0.05) is 12.2 Å². The molecule has 1 aliphatic heterocycles. The van der Waals surface area contributed by atoms with Gasteiger partial charge in [0.15, 0.2) is 5.96 Å². The first kappa shape index (κ1) is 20.5. The fourth-order valence-corrected chi connectivity index (χ4v) is 2.59. The van der Waals surface area contributed by atoms with E-state index in [9.17, 15) is 0 Å². The number of methoxy groups -OCH3 is 1. The molecule has 0 aromatic heterocycles. The highest BCUT2D eigenvalue weighted by atomic mass is 16.5. The highest BCUT2D eigenvalue weighted by molar-refractivity contribution is 6.01. The Morgan fingerprint density at radius 2 is 2.00 bits per heavy atom. The number of nitrogens with two attached hydrogens (primary N) is 1. The Kier molecular flexibility index (Phi) is 7.88. The van der Waals surface area contributed by atoms with Gasteiger partial charge in [0.25, 0.3) is 0 Å². The topological polar surface area (TPSA) is 87.3 Å². The molecule has 4 N–H and O–H groups in total. The number of aliphatic imine (C=N–C) groups is 2. The fourth-order valence-electron chi connectivity index (χ4n) is 2.59. The number of nitrogens with one attached hydrogen (secondary N) is 2. The lowest BCUT2D eigenvalue weighted by molar-refractivity contribution is 0.293. The van der Waals surface area contributed by atoms with Gasteiger partial charge in [-0.1, -0.05) is 37.3 Å². The molecule has 146 valence electrons. The lowest BCUT2D eigenvalue weighted by Gasteiger charge is -2.24. The van der Waals surface area contributed by atoms with Gasteiger partial charge in [-0.2, -0.15) is 0 Å². The van der Waals surface area contributed by atoms with Crippen molar-refractivity contribution in [3.05, 3.63) is 59.5 Å². The zero-order chi connectivity index (χ0) is 19.6. The van der Waals surface area contributed by atoms with Crippen LogP contribution in [0.3, 0.4) is 0 Å². The van der Waals surface area contributed by atoms with Gasteiger partial charge in [-0.15, -0.1) is 0 Å². The maximum atomic E-state index is 5.95. The van der Waals surface area contributed by atoms with Crippen molar-refractivity contribution in [1.29, 1.82) is 0 Å². The Morgan fingerprint density at radius 3 is 2.67 bits per heavy atom. The van der Waals surface area contributed by atoms with Crippen molar-refractivity contribution in [2.75, 3.05) is 20.7 Å². The van der Waals surface area contributed by atoms with E-state index >= 15 is 0 Å². The quantitative estimate of drug-likeness (QED) is 0.458. The summed E-state index contributed by atoms with van der Waals surface area (Å²) in [5, 5.41) is 6.37. The zero-order valence-electron chi connectivity index (χ0n) is 16.6. The molecule has 1 atom stereocenters. The van der Waals surface area contributed by atoms with Crippen LogP contribution in [0.25, 0.3) is 0 Å². The van der Waals surface area contributed by atoms with E-state index in [0.29, 0.717) is 12.5 Å². The van der Waals surface area contributed by atoms with E-state index in [0.717, 1.165) is 30.3 Å². The molecular formula is C20H30N6O. The van der Waals surface area contributed by atoms with E-state index in [1.807, 2.05) is 37.3 Å². The van der Waals surface area contributed by atoms with E-state index in [2.05, 4.69) is 51.6 Å². The summed E-state index contributed by atoms with van der Waals surface area (Å²) in [6, 6.07) is 10.3. The van der Waals surface area contributed by atoms with Crippen LogP contribution in [-0.2, 0) is 11.3 Å². The summed E-state index contributed by atoms with van der Waals surface area (Å²) in [6.45, 7) is 5.46. The Morgan fingerprint density at radius 1 is 1.26 bits per heavy atom. The first-order valence-corrected chi connectivity index (χ1v) is 9.07. The molecule has 1 aliphatic rings. The second-order valence-corrected chi connectivity index (χ2v) is 6.42. The number of rotatable bonds is 9. The third-order valence-electron chi connectivity index (χ3n) is 4.06. The summed E-state index contributed by atoms with van der Waals surface area (Å²) < 4.78 is 5.16. The van der Waals surface area contributed by atoms with Gasteiger partial charge < -0.3 is 21.1 Å². The van der Waals surface area contributed by atoms with Crippen molar-refractivity contribution < 1.29 is 4.74 Å². The molecule has 2 rings (SSSR count). The predicted molar refractivity (Wildman–Crippen MR) is 111 cm³/mol. The first-order chi connectivity index (χ1) is 13.0. The molecule has 0 spiro atoms. The Bertz CT molecular complexity index is 723. The minimum absolute atomic E-state index is 0.365. The number of allylic oxidation sites excluding steroid dienone is 4. The molecule has 1 aromatic rings. The minimum Gasteiger partial charge on any atom is -0.501 e. The van der Waals surface area contributed by atoms with Crippen LogP contribution in [0.15, 0.2) is 63.9 Å². The van der Waals surface area contributed by atoms with Gasteiger partial charge in [-0.3, -0.25) is 4.90 Å². The van der Waals surface area contributed by atoms with Gasteiger partial charge in [-0.05, 0) is 38.1 Å². The summed E-state index contributed by atoms with van der Waals surface area (Å²) >= 11 is 0. The van der Waals surface area contributed by atoms with Crippen molar-refractivity contribution in [2.24, 2.45) is 15.7 Å². The maximum absolute atomic E-state index is 5.95. The Balaban J connectivity index is 2.00. The number of nitrogens with zero attached hydrogens (tertiary/aromatic N) is 3. The van der Waals surface area contributed by atoms with E-state index in [4.69, 9.17) is 10.5 Å². The summed E-state index contributed by atoms with van der Waals surface area (Å²) in [4.78, 5) is 11.2. The third-order valence-corrected chi connectivity index (χ3v) is 4.06. The molecule has 0 bridgehead atoms. The van der Waals surface area contributed by atoms with Gasteiger partial charge >= 0.3 is 0 Å². The van der Waals surface area contributed by atoms with Crippen molar-refractivity contribution in [3.8, 4) is 0 Å². The Hall–Kier alpha value is -2.80. The molecule has 0 fully saturated rings. The Labute approximate surface area is 161 Å². The van der Waals surface area contributed by atoms with Crippen molar-refractivity contribution in [1.82, 2.24) is 15.5 Å². The number of benzene rings is 1. The van der Waals surface area contributed by atoms with Gasteiger partial charge in [0.05, 0.1) is 19.4 Å². The van der Waals surface area contributed by atoms with Crippen molar-refractivity contribution >= 4 is 11.8 Å². The number of ether oxygens (including phenoxy) is 1. The standard InChI is InChI=1S/C20H30N6O/c1-5-17(12-11-15(2)27-4)22-20-24-18(23-19(21)25-20)14-26(3)13-16-9-7-6-8-10-16/h6-12,20,22H,5,13-14H2,1-4H3,(H3,21,23,24,25)/b15-11+,17-12+. The molecule has 7 nitrogen and oxygen atoms in total. The molecule has 0 aliphatic carbocycles. The molecular weight excluding hydrogens is 340 g/mol. The van der Waals surface area contributed by atoms with E-state index in [1.54, 1.807) is 7.11 Å². The number of guanidine groups is 1. The normalized spacial score (nSPS) is 17.9. The second-order valence-electron chi connectivity index (χ2n) is 6.42. The predicted octanol–water partition coefficient (Wildman–Crippen LogP) is 2.15. The highest BCUT2D eigenvalue weighted by Crippen LogP contribution is 2.07. The lowest BCUT2D eigenvalue weighted by Crippen LogP contribution is -2.48. The van der Waals surface area contributed by atoms with E-state index < -0.39 is 6.29 Å². The molecule has 1 unspecified atom stereocenters. The third kappa shape index (κ3) is 7.15. The van der Waals surface area contributed by atoms with E-state index in [-0.39, 0.29) is 0 Å². The SMILES string of the molecule is CC/C(=C\C=C(/C)OC)NC1N=C(N)NC(CN(C)Cc2ccccc2)=N1. The number of hydrogen-bond acceptors (Lipinski definition) is 7. The molecule has 0 saturated carbocycles. The van der Waals surface area contributed by atoms with Crippen LogP contribution in [0.1, 0.15) is 25.8 Å². The van der Waals surface area contributed by atoms with Crippen LogP contribution < -0.4 is 16.4 Å². The lowest BCUT2D eigenvalue weighted by atomic mass is 10.2. The zero-order valence-corrected chi connectivity index (χ0v) is 16.6. The molecule has 0 saturated heterocycles. The van der Waals surface area contributed by atoms with Crippen LogP contribution >= 0.6 is 0 Å². The molecule has 1 aromatic carbocycles. The van der Waals surface area contributed by atoms with Crippen LogP contribution in [0.4, 0.5) is 0 Å². The minimum atomic E-state index is -0.436. The molecule has 27 heavy (non-hydrogen) atoms. The monoisotopic (exact) mass is 370 g/mol. The highest BCUT2D eigenvalue weighted by Gasteiger charge is 2.16. The maximum Gasteiger partial charge on any atom is 0.219 e. The van der Waals surface area contributed by atoms with E-state index in [1.165, 1.54) is 5.56 Å². The van der Waals surface area contributed by atoms with Gasteiger partial charge in [0.2, 0.25) is 6.29 Å². The van der Waals surface area contributed by atoms with Gasteiger partial charge in [0.1, 0.15) is 5.84 Å². The fraction of sp³-hybridized carbons (Fsp3) is 0.400. The largest absolute Gasteiger partial charge is 0.501 e. The van der Waals surface area contributed by atoms with Crippen LogP contribution in [-0.4, -0.2) is 43.7 Å². The molecule has 0 radical (unpaired) electrons. The summed E-state index contributed by atoms with van der Waals surface area (Å²) in [7, 11) is 3.70. The second kappa shape index (κ2) is 10.4.